The molecule has 0 bridgehead atoms. The number of hydrogen-bond acceptors (Lipinski definition) is 8. The van der Waals surface area contributed by atoms with E-state index in [-0.39, 0.29) is 11.6 Å². The maximum atomic E-state index is 15.0. The zero-order valence-electron chi connectivity index (χ0n) is 24.4. The summed E-state index contributed by atoms with van der Waals surface area (Å²) >= 11 is 0. The van der Waals surface area contributed by atoms with Gasteiger partial charge in [-0.25, -0.2) is 8.78 Å². The molecule has 4 aromatic rings. The number of nitrogens with one attached hydrogen (secondary N) is 2. The van der Waals surface area contributed by atoms with Gasteiger partial charge in [0.25, 0.3) is 0 Å². The number of ether oxygens (including phenoxy) is 4. The van der Waals surface area contributed by atoms with Gasteiger partial charge < -0.3 is 29.6 Å². The van der Waals surface area contributed by atoms with Gasteiger partial charge in [-0.1, -0.05) is 12.1 Å². The quantitative estimate of drug-likeness (QED) is 0.171. The summed E-state index contributed by atoms with van der Waals surface area (Å²) in [7, 11) is 1.59. The van der Waals surface area contributed by atoms with E-state index in [1.165, 1.54) is 18.2 Å². The molecule has 10 heteroatoms. The van der Waals surface area contributed by atoms with E-state index in [0.717, 1.165) is 57.8 Å². The highest BCUT2D eigenvalue weighted by Crippen LogP contribution is 2.37. The molecule has 43 heavy (non-hydrogen) atoms. The van der Waals surface area contributed by atoms with Crippen LogP contribution in [0, 0.1) is 11.6 Å². The third-order valence-corrected chi connectivity index (χ3v) is 7.25. The third kappa shape index (κ3) is 8.76. The molecule has 5 rings (SSSR count). The van der Waals surface area contributed by atoms with Crippen LogP contribution in [0.2, 0.25) is 0 Å². The Morgan fingerprint density at radius 3 is 2.51 bits per heavy atom. The van der Waals surface area contributed by atoms with Crippen molar-refractivity contribution in [2.24, 2.45) is 0 Å². The lowest BCUT2D eigenvalue weighted by molar-refractivity contribution is 0.0357. The average Bonchev–Trinajstić information content (AvgIpc) is 3.03. The van der Waals surface area contributed by atoms with Crippen molar-refractivity contribution in [2.75, 3.05) is 71.5 Å². The first-order valence-corrected chi connectivity index (χ1v) is 14.6. The fourth-order valence-corrected chi connectivity index (χ4v) is 4.90. The summed E-state index contributed by atoms with van der Waals surface area (Å²) < 4.78 is 51.1. The summed E-state index contributed by atoms with van der Waals surface area (Å²) in [5, 5.41) is 7.23. The summed E-state index contributed by atoms with van der Waals surface area (Å²) in [5.74, 6) is 1.02. The van der Waals surface area contributed by atoms with Gasteiger partial charge in [-0.15, -0.1) is 0 Å². The Morgan fingerprint density at radius 2 is 1.72 bits per heavy atom. The smallest absolute Gasteiger partial charge is 0.167 e. The minimum Gasteiger partial charge on any atom is -0.493 e. The first kappa shape index (κ1) is 30.5. The van der Waals surface area contributed by atoms with Crippen LogP contribution in [0.5, 0.6) is 23.0 Å². The van der Waals surface area contributed by atoms with Crippen molar-refractivity contribution in [1.82, 2.24) is 15.2 Å². The van der Waals surface area contributed by atoms with Gasteiger partial charge in [0.1, 0.15) is 11.6 Å². The first-order chi connectivity index (χ1) is 21.1. The number of anilines is 1. The molecule has 1 aliphatic rings. The van der Waals surface area contributed by atoms with Gasteiger partial charge in [0.2, 0.25) is 0 Å². The molecule has 0 atom stereocenters. The number of aromatic nitrogens is 1. The van der Waals surface area contributed by atoms with Crippen LogP contribution in [-0.4, -0.2) is 76.1 Å². The van der Waals surface area contributed by atoms with E-state index in [1.807, 2.05) is 12.1 Å². The summed E-state index contributed by atoms with van der Waals surface area (Å²) in [5.41, 5.74) is 2.39. The number of hydrogen-bond donors (Lipinski definition) is 2. The highest BCUT2D eigenvalue weighted by Gasteiger charge is 2.15. The van der Waals surface area contributed by atoms with Crippen LogP contribution >= 0.6 is 0 Å². The summed E-state index contributed by atoms with van der Waals surface area (Å²) in [6, 6.07) is 16.6. The Morgan fingerprint density at radius 1 is 0.884 bits per heavy atom. The van der Waals surface area contributed by atoms with Gasteiger partial charge in [0, 0.05) is 62.1 Å². The molecule has 2 heterocycles. The molecule has 8 nitrogen and oxygen atoms in total. The highest BCUT2D eigenvalue weighted by atomic mass is 19.1. The molecule has 0 amide bonds. The normalized spacial score (nSPS) is 13.7. The van der Waals surface area contributed by atoms with Crippen molar-refractivity contribution in [3.63, 3.8) is 0 Å². The molecule has 2 N–H and O–H groups in total. The van der Waals surface area contributed by atoms with Gasteiger partial charge in [0.05, 0.1) is 32.4 Å². The number of methoxy groups -OCH3 is 1. The van der Waals surface area contributed by atoms with Gasteiger partial charge in [-0.2, -0.15) is 0 Å². The number of fused-ring (bicyclic) bond motifs is 1. The molecule has 0 spiro atoms. The van der Waals surface area contributed by atoms with Crippen molar-refractivity contribution in [3.8, 4) is 23.0 Å². The fraction of sp³-hybridized carbons (Fsp3) is 0.364. The summed E-state index contributed by atoms with van der Waals surface area (Å²) in [4.78, 5) is 6.84. The highest BCUT2D eigenvalue weighted by molar-refractivity contribution is 5.88. The van der Waals surface area contributed by atoms with Crippen molar-refractivity contribution < 1.29 is 27.7 Å². The minimum atomic E-state index is -0.480. The van der Waals surface area contributed by atoms with Crippen molar-refractivity contribution in [3.05, 3.63) is 84.1 Å². The van der Waals surface area contributed by atoms with Crippen LogP contribution in [0.15, 0.2) is 66.9 Å². The topological polar surface area (TPSA) is 77.1 Å². The minimum absolute atomic E-state index is 0.109. The van der Waals surface area contributed by atoms with Gasteiger partial charge in [0.15, 0.2) is 23.1 Å². The van der Waals surface area contributed by atoms with E-state index >= 15 is 4.39 Å². The van der Waals surface area contributed by atoms with Crippen LogP contribution in [0.1, 0.15) is 12.0 Å². The number of benzene rings is 3. The SMILES string of the molecule is COc1cc2c(Oc3ccc(NCCNCCc4ccc(F)cc4)cc3F)ccnc2cc1OCCCN1CCOCC1. The Kier molecular flexibility index (Phi) is 11.0. The molecule has 0 saturated carbocycles. The molecule has 1 saturated heterocycles. The van der Waals surface area contributed by atoms with Crippen molar-refractivity contribution in [1.29, 1.82) is 0 Å². The van der Waals surface area contributed by atoms with Crippen LogP contribution in [0.3, 0.4) is 0 Å². The van der Waals surface area contributed by atoms with Gasteiger partial charge in [-0.05, 0) is 61.3 Å². The third-order valence-electron chi connectivity index (χ3n) is 7.25. The summed E-state index contributed by atoms with van der Waals surface area (Å²) in [6.45, 7) is 7.04. The van der Waals surface area contributed by atoms with Crippen LogP contribution in [0.25, 0.3) is 10.9 Å². The van der Waals surface area contributed by atoms with E-state index in [1.54, 1.807) is 43.6 Å². The second kappa shape index (κ2) is 15.5. The van der Waals surface area contributed by atoms with E-state index in [4.69, 9.17) is 18.9 Å². The zero-order chi connectivity index (χ0) is 29.9. The van der Waals surface area contributed by atoms with E-state index in [2.05, 4.69) is 20.5 Å². The van der Waals surface area contributed by atoms with E-state index < -0.39 is 5.82 Å². The van der Waals surface area contributed by atoms with E-state index in [9.17, 15) is 4.39 Å². The van der Waals surface area contributed by atoms with E-state index in [0.29, 0.717) is 53.5 Å². The molecule has 1 aliphatic heterocycles. The second-order valence-corrected chi connectivity index (χ2v) is 10.3. The average molecular weight is 593 g/mol. The number of morpholine rings is 1. The predicted molar refractivity (Wildman–Crippen MR) is 164 cm³/mol. The van der Waals surface area contributed by atoms with Crippen molar-refractivity contribution in [2.45, 2.75) is 12.8 Å². The zero-order valence-corrected chi connectivity index (χ0v) is 24.4. The molecule has 0 radical (unpaired) electrons. The Balaban J connectivity index is 1.13. The molecule has 228 valence electrons. The van der Waals surface area contributed by atoms with Crippen molar-refractivity contribution >= 4 is 16.6 Å². The number of halogens is 2. The van der Waals surface area contributed by atoms with Crippen LogP contribution in [0.4, 0.5) is 14.5 Å². The molecule has 1 aromatic heterocycles. The lowest BCUT2D eigenvalue weighted by atomic mass is 10.1. The van der Waals surface area contributed by atoms with Crippen LogP contribution in [-0.2, 0) is 11.2 Å². The van der Waals surface area contributed by atoms with Gasteiger partial charge in [-0.3, -0.25) is 9.88 Å². The number of nitrogens with zero attached hydrogens (tertiary/aromatic N) is 2. The maximum absolute atomic E-state index is 15.0. The maximum Gasteiger partial charge on any atom is 0.167 e. The second-order valence-electron chi connectivity index (χ2n) is 10.3. The number of pyridine rings is 1. The molecule has 3 aromatic carbocycles. The first-order valence-electron chi connectivity index (χ1n) is 14.6. The molecule has 0 unspecified atom stereocenters. The monoisotopic (exact) mass is 592 g/mol. The Labute approximate surface area is 250 Å². The van der Waals surface area contributed by atoms with Crippen LogP contribution < -0.4 is 24.8 Å². The predicted octanol–water partition coefficient (Wildman–Crippen LogP) is 5.66. The lowest BCUT2D eigenvalue weighted by Gasteiger charge is -2.26. The Hall–Kier alpha value is -3.99. The largest absolute Gasteiger partial charge is 0.493 e. The molecule has 0 aliphatic carbocycles. The fourth-order valence-electron chi connectivity index (χ4n) is 4.90. The number of rotatable bonds is 15. The lowest BCUT2D eigenvalue weighted by Crippen LogP contribution is -2.37. The molecule has 1 fully saturated rings. The van der Waals surface area contributed by atoms with Gasteiger partial charge >= 0.3 is 0 Å². The summed E-state index contributed by atoms with van der Waals surface area (Å²) in [6.07, 6.45) is 3.32. The molecular formula is C33H38F2N4O4. The standard InChI is InChI=1S/C33H38F2N4O4/c1-40-32-22-27-29(23-33(32)42-18-2-15-39-16-19-41-20-17-39)38-12-10-30(27)43-31-8-7-26(21-28(31)35)37-14-13-36-11-9-24-3-5-25(34)6-4-24/h3-8,10,12,21-23,36-37H,2,9,11,13-20H2,1H3. The molecular weight excluding hydrogens is 554 g/mol. The Bertz CT molecular complexity index is 1470.